The van der Waals surface area contributed by atoms with Crippen LogP contribution in [0.5, 0.6) is 0 Å². The van der Waals surface area contributed by atoms with Crippen molar-refractivity contribution in [1.29, 1.82) is 0 Å². The van der Waals surface area contributed by atoms with E-state index in [0.29, 0.717) is 13.1 Å². The molecule has 2 heterocycles. The quantitative estimate of drug-likeness (QED) is 0.708. The second-order valence-corrected chi connectivity index (χ2v) is 4.31. The standard InChI is InChI=1S/C10H13ClFN3O/c1-6-4-15(5-7(2)16-6)9-8(12)3-13-10(11)14-9/h3,6-7H,4-5H2,1-2H3. The number of ether oxygens (including phenoxy) is 1. The first-order valence-electron chi connectivity index (χ1n) is 5.14. The van der Waals surface area contributed by atoms with Crippen LogP contribution < -0.4 is 4.90 Å². The Balaban J connectivity index is 2.25. The molecular formula is C10H13ClFN3O. The van der Waals surface area contributed by atoms with E-state index in [1.54, 1.807) is 0 Å². The summed E-state index contributed by atoms with van der Waals surface area (Å²) in [7, 11) is 0. The van der Waals surface area contributed by atoms with Gasteiger partial charge in [-0.1, -0.05) is 0 Å². The van der Waals surface area contributed by atoms with Gasteiger partial charge >= 0.3 is 0 Å². The highest BCUT2D eigenvalue weighted by Gasteiger charge is 2.25. The van der Waals surface area contributed by atoms with Gasteiger partial charge in [0.15, 0.2) is 11.6 Å². The van der Waals surface area contributed by atoms with Gasteiger partial charge in [0.1, 0.15) is 0 Å². The third-order valence-corrected chi connectivity index (χ3v) is 2.60. The van der Waals surface area contributed by atoms with Crippen LogP contribution in [0.2, 0.25) is 5.28 Å². The van der Waals surface area contributed by atoms with Gasteiger partial charge in [0.2, 0.25) is 5.28 Å². The Hall–Kier alpha value is -0.940. The van der Waals surface area contributed by atoms with E-state index in [9.17, 15) is 4.39 Å². The second kappa shape index (κ2) is 4.51. The van der Waals surface area contributed by atoms with Gasteiger partial charge in [0, 0.05) is 13.1 Å². The molecule has 6 heteroatoms. The maximum Gasteiger partial charge on any atom is 0.224 e. The lowest BCUT2D eigenvalue weighted by atomic mass is 10.2. The van der Waals surface area contributed by atoms with E-state index in [1.165, 1.54) is 0 Å². The molecule has 1 aliphatic rings. The minimum atomic E-state index is -0.453. The molecule has 0 spiro atoms. The molecule has 2 unspecified atom stereocenters. The first-order valence-corrected chi connectivity index (χ1v) is 5.52. The maximum absolute atomic E-state index is 13.5. The molecular weight excluding hydrogens is 233 g/mol. The van der Waals surface area contributed by atoms with Crippen molar-refractivity contribution in [3.63, 3.8) is 0 Å². The van der Waals surface area contributed by atoms with Gasteiger partial charge in [-0.25, -0.2) is 9.37 Å². The molecule has 1 aromatic rings. The van der Waals surface area contributed by atoms with E-state index in [1.807, 2.05) is 18.7 Å². The van der Waals surface area contributed by atoms with Crippen LogP contribution in [0.1, 0.15) is 13.8 Å². The predicted molar refractivity (Wildman–Crippen MR) is 59.2 cm³/mol. The van der Waals surface area contributed by atoms with Gasteiger partial charge in [-0.3, -0.25) is 0 Å². The maximum atomic E-state index is 13.5. The Morgan fingerprint density at radius 2 is 2.06 bits per heavy atom. The molecule has 0 amide bonds. The minimum absolute atomic E-state index is 0.0527. The average Bonchev–Trinajstić information content (AvgIpc) is 2.20. The Morgan fingerprint density at radius 1 is 1.44 bits per heavy atom. The molecule has 0 N–H and O–H groups in total. The van der Waals surface area contributed by atoms with Crippen molar-refractivity contribution in [3.8, 4) is 0 Å². The summed E-state index contributed by atoms with van der Waals surface area (Å²) in [5, 5.41) is 0.0585. The summed E-state index contributed by atoms with van der Waals surface area (Å²) in [5.74, 6) is -0.201. The summed E-state index contributed by atoms with van der Waals surface area (Å²) in [6.45, 7) is 5.11. The van der Waals surface area contributed by atoms with Crippen molar-refractivity contribution in [2.45, 2.75) is 26.1 Å². The third kappa shape index (κ3) is 2.41. The lowest BCUT2D eigenvalue weighted by Crippen LogP contribution is -2.46. The van der Waals surface area contributed by atoms with E-state index in [-0.39, 0.29) is 23.3 Å². The number of nitrogens with zero attached hydrogens (tertiary/aromatic N) is 3. The predicted octanol–water partition coefficient (Wildman–Crippen LogP) is 1.88. The third-order valence-electron chi connectivity index (χ3n) is 2.42. The number of morpholine rings is 1. The van der Waals surface area contributed by atoms with E-state index in [0.717, 1.165) is 6.20 Å². The highest BCUT2D eigenvalue weighted by molar-refractivity contribution is 6.28. The van der Waals surface area contributed by atoms with Gasteiger partial charge in [0.05, 0.1) is 18.4 Å². The molecule has 4 nitrogen and oxygen atoms in total. The molecule has 0 radical (unpaired) electrons. The van der Waals surface area contributed by atoms with Crippen molar-refractivity contribution >= 4 is 17.4 Å². The van der Waals surface area contributed by atoms with E-state index in [4.69, 9.17) is 16.3 Å². The number of hydrogen-bond donors (Lipinski definition) is 0. The number of halogens is 2. The molecule has 0 aromatic carbocycles. The van der Waals surface area contributed by atoms with Crippen LogP contribution in [-0.4, -0.2) is 35.3 Å². The fourth-order valence-electron chi connectivity index (χ4n) is 1.91. The minimum Gasteiger partial charge on any atom is -0.372 e. The molecule has 2 atom stereocenters. The number of anilines is 1. The molecule has 0 aliphatic carbocycles. The summed E-state index contributed by atoms with van der Waals surface area (Å²) >= 11 is 5.66. The summed E-state index contributed by atoms with van der Waals surface area (Å²) in [6, 6.07) is 0. The Kier molecular flexibility index (Phi) is 3.25. The molecule has 0 bridgehead atoms. The molecule has 0 saturated carbocycles. The molecule has 1 fully saturated rings. The van der Waals surface area contributed by atoms with E-state index < -0.39 is 5.82 Å². The average molecular weight is 246 g/mol. The first-order chi connectivity index (χ1) is 7.56. The second-order valence-electron chi connectivity index (χ2n) is 3.97. The summed E-state index contributed by atoms with van der Waals surface area (Å²) in [4.78, 5) is 9.34. The van der Waals surface area contributed by atoms with Crippen LogP contribution in [0.3, 0.4) is 0 Å². The number of aromatic nitrogens is 2. The smallest absolute Gasteiger partial charge is 0.224 e. The number of hydrogen-bond acceptors (Lipinski definition) is 4. The van der Waals surface area contributed by atoms with Gasteiger partial charge in [0.25, 0.3) is 0 Å². The zero-order valence-electron chi connectivity index (χ0n) is 9.15. The van der Waals surface area contributed by atoms with Crippen molar-refractivity contribution in [1.82, 2.24) is 9.97 Å². The molecule has 88 valence electrons. The molecule has 1 aliphatic heterocycles. The van der Waals surface area contributed by atoms with E-state index in [2.05, 4.69) is 9.97 Å². The molecule has 2 rings (SSSR count). The normalized spacial score (nSPS) is 25.9. The van der Waals surface area contributed by atoms with Gasteiger partial charge in [-0.05, 0) is 25.4 Å². The summed E-state index contributed by atoms with van der Waals surface area (Å²) < 4.78 is 19.1. The lowest BCUT2D eigenvalue weighted by Gasteiger charge is -2.36. The van der Waals surface area contributed by atoms with Crippen LogP contribution in [0, 0.1) is 5.82 Å². The first kappa shape index (κ1) is 11.5. The Labute approximate surface area is 98.4 Å². The Bertz CT molecular complexity index is 380. The fourth-order valence-corrected chi connectivity index (χ4v) is 2.04. The van der Waals surface area contributed by atoms with Crippen LogP contribution in [-0.2, 0) is 4.74 Å². The van der Waals surface area contributed by atoms with Crippen molar-refractivity contribution in [2.75, 3.05) is 18.0 Å². The topological polar surface area (TPSA) is 38.2 Å². The van der Waals surface area contributed by atoms with Gasteiger partial charge in [-0.15, -0.1) is 0 Å². The summed E-state index contributed by atoms with van der Waals surface area (Å²) in [5.41, 5.74) is 0. The summed E-state index contributed by atoms with van der Waals surface area (Å²) in [6.07, 6.45) is 1.20. The van der Waals surface area contributed by atoms with Crippen LogP contribution in [0.15, 0.2) is 6.20 Å². The van der Waals surface area contributed by atoms with Gasteiger partial charge in [-0.2, -0.15) is 4.98 Å². The highest BCUT2D eigenvalue weighted by atomic mass is 35.5. The monoisotopic (exact) mass is 245 g/mol. The van der Waals surface area contributed by atoms with Crippen molar-refractivity contribution < 1.29 is 9.13 Å². The zero-order valence-corrected chi connectivity index (χ0v) is 9.91. The largest absolute Gasteiger partial charge is 0.372 e. The van der Waals surface area contributed by atoms with Crippen LogP contribution in [0.25, 0.3) is 0 Å². The molecule has 1 saturated heterocycles. The van der Waals surface area contributed by atoms with Crippen LogP contribution in [0.4, 0.5) is 10.2 Å². The Morgan fingerprint density at radius 3 is 2.69 bits per heavy atom. The molecule has 16 heavy (non-hydrogen) atoms. The zero-order chi connectivity index (χ0) is 11.7. The SMILES string of the molecule is CC1CN(c2nc(Cl)ncc2F)CC(C)O1. The van der Waals surface area contributed by atoms with Crippen LogP contribution >= 0.6 is 11.6 Å². The highest BCUT2D eigenvalue weighted by Crippen LogP contribution is 2.21. The van der Waals surface area contributed by atoms with E-state index >= 15 is 0 Å². The van der Waals surface area contributed by atoms with Gasteiger partial charge < -0.3 is 9.64 Å². The number of rotatable bonds is 1. The fraction of sp³-hybridized carbons (Fsp3) is 0.600. The lowest BCUT2D eigenvalue weighted by molar-refractivity contribution is -0.00566. The molecule has 1 aromatic heterocycles. The van der Waals surface area contributed by atoms with Crippen molar-refractivity contribution in [2.24, 2.45) is 0 Å². The van der Waals surface area contributed by atoms with Crippen molar-refractivity contribution in [3.05, 3.63) is 17.3 Å².